The summed E-state index contributed by atoms with van der Waals surface area (Å²) in [7, 11) is 0. The lowest BCUT2D eigenvalue weighted by atomic mass is 10.2. The topological polar surface area (TPSA) is 50.2 Å². The summed E-state index contributed by atoms with van der Waals surface area (Å²) in [4.78, 5) is 15.8. The summed E-state index contributed by atoms with van der Waals surface area (Å²) < 4.78 is 1.02. The van der Waals surface area contributed by atoms with Gasteiger partial charge in [0.05, 0.1) is 10.6 Å². The first kappa shape index (κ1) is 13.0. The average molecular weight is 324 g/mol. The number of carboxylic acid groups (broad SMARTS) is 1. The summed E-state index contributed by atoms with van der Waals surface area (Å²) in [6.45, 7) is 1.88. The van der Waals surface area contributed by atoms with Crippen LogP contribution in [0.1, 0.15) is 10.6 Å². The molecule has 5 heteroatoms. The number of aliphatic carboxylic acids is 1. The zero-order valence-electron chi connectivity index (χ0n) is 9.55. The molecular weight excluding hydrogens is 314 g/mol. The van der Waals surface area contributed by atoms with Gasteiger partial charge in [-0.2, -0.15) is 0 Å². The highest BCUT2D eigenvalue weighted by molar-refractivity contribution is 9.10. The van der Waals surface area contributed by atoms with Crippen LogP contribution >= 0.6 is 27.3 Å². The van der Waals surface area contributed by atoms with Crippen LogP contribution < -0.4 is 0 Å². The third-order valence-electron chi connectivity index (χ3n) is 2.30. The second kappa shape index (κ2) is 5.46. The van der Waals surface area contributed by atoms with Gasteiger partial charge in [0.25, 0.3) is 0 Å². The minimum absolute atomic E-state index is 0.843. The quantitative estimate of drug-likeness (QED) is 0.869. The minimum atomic E-state index is -0.951. The van der Waals surface area contributed by atoms with E-state index in [1.54, 1.807) is 6.08 Å². The van der Waals surface area contributed by atoms with Crippen LogP contribution in [0.3, 0.4) is 0 Å². The highest BCUT2D eigenvalue weighted by atomic mass is 79.9. The fourth-order valence-electron chi connectivity index (χ4n) is 1.43. The van der Waals surface area contributed by atoms with E-state index in [1.165, 1.54) is 11.3 Å². The highest BCUT2D eigenvalue weighted by Gasteiger charge is 2.07. The normalized spacial score (nSPS) is 11.0. The van der Waals surface area contributed by atoms with Crippen LogP contribution in [0, 0.1) is 6.92 Å². The van der Waals surface area contributed by atoms with Crippen molar-refractivity contribution in [1.82, 2.24) is 4.98 Å². The predicted octanol–water partition coefficient (Wildman–Crippen LogP) is 3.98. The lowest BCUT2D eigenvalue weighted by Gasteiger charge is -1.95. The molecule has 2 aromatic rings. The van der Waals surface area contributed by atoms with Crippen LogP contribution in [-0.2, 0) is 4.79 Å². The van der Waals surface area contributed by atoms with Crippen molar-refractivity contribution in [2.45, 2.75) is 6.92 Å². The maximum atomic E-state index is 10.5. The van der Waals surface area contributed by atoms with Crippen LogP contribution in [0.15, 0.2) is 34.8 Å². The fourth-order valence-corrected chi connectivity index (χ4v) is 2.66. The van der Waals surface area contributed by atoms with Gasteiger partial charge in [0.1, 0.15) is 5.01 Å². The van der Waals surface area contributed by atoms with Crippen LogP contribution in [0.2, 0.25) is 0 Å². The largest absolute Gasteiger partial charge is 0.478 e. The van der Waals surface area contributed by atoms with Crippen LogP contribution in [-0.4, -0.2) is 16.1 Å². The van der Waals surface area contributed by atoms with Gasteiger partial charge in [-0.3, -0.25) is 0 Å². The number of carbonyl (C=O) groups is 1. The Bertz CT molecular complexity index is 602. The molecule has 3 nitrogen and oxygen atoms in total. The molecule has 0 aliphatic rings. The van der Waals surface area contributed by atoms with E-state index in [1.807, 2.05) is 31.2 Å². The van der Waals surface area contributed by atoms with Gasteiger partial charge in [0, 0.05) is 16.1 Å². The summed E-state index contributed by atoms with van der Waals surface area (Å²) in [5, 5.41) is 9.51. The second-order valence-corrected chi connectivity index (χ2v) is 5.59. The molecule has 1 aromatic heterocycles. The Morgan fingerprint density at radius 1 is 1.39 bits per heavy atom. The number of carboxylic acids is 1. The summed E-state index contributed by atoms with van der Waals surface area (Å²) in [6.07, 6.45) is 2.71. The molecule has 0 aliphatic heterocycles. The van der Waals surface area contributed by atoms with Crippen molar-refractivity contribution in [3.63, 3.8) is 0 Å². The van der Waals surface area contributed by atoms with Gasteiger partial charge >= 0.3 is 5.97 Å². The molecule has 1 heterocycles. The molecular formula is C13H10BrNO2S. The van der Waals surface area contributed by atoms with E-state index in [0.717, 1.165) is 31.7 Å². The van der Waals surface area contributed by atoms with E-state index >= 15 is 0 Å². The summed E-state index contributed by atoms with van der Waals surface area (Å²) >= 11 is 4.87. The molecule has 1 aromatic carbocycles. The average Bonchev–Trinajstić information content (AvgIpc) is 2.69. The molecule has 0 atom stereocenters. The molecule has 2 rings (SSSR count). The standard InChI is InChI=1S/C13H10BrNO2S/c1-8-11(6-7-12(16)17)18-13(15-8)9-2-4-10(14)5-3-9/h2-7H,1H3,(H,16,17)/b7-6+. The second-order valence-electron chi connectivity index (χ2n) is 3.65. The molecule has 0 saturated carbocycles. The number of hydrogen-bond donors (Lipinski definition) is 1. The third-order valence-corrected chi connectivity index (χ3v) is 4.00. The summed E-state index contributed by atoms with van der Waals surface area (Å²) in [6, 6.07) is 7.87. The minimum Gasteiger partial charge on any atom is -0.478 e. The first-order valence-corrected chi connectivity index (χ1v) is 6.81. The van der Waals surface area contributed by atoms with Gasteiger partial charge in [-0.05, 0) is 25.1 Å². The maximum Gasteiger partial charge on any atom is 0.328 e. The van der Waals surface area contributed by atoms with E-state index in [2.05, 4.69) is 20.9 Å². The molecule has 0 radical (unpaired) electrons. The Balaban J connectivity index is 2.34. The number of hydrogen-bond acceptors (Lipinski definition) is 3. The van der Waals surface area contributed by atoms with E-state index in [9.17, 15) is 4.79 Å². The van der Waals surface area contributed by atoms with Gasteiger partial charge in [-0.15, -0.1) is 11.3 Å². The van der Waals surface area contributed by atoms with Crippen molar-refractivity contribution < 1.29 is 9.90 Å². The van der Waals surface area contributed by atoms with Crippen molar-refractivity contribution in [1.29, 1.82) is 0 Å². The van der Waals surface area contributed by atoms with Gasteiger partial charge < -0.3 is 5.11 Å². The highest BCUT2D eigenvalue weighted by Crippen LogP contribution is 2.29. The van der Waals surface area contributed by atoms with E-state index in [-0.39, 0.29) is 0 Å². The van der Waals surface area contributed by atoms with Gasteiger partial charge in [-0.25, -0.2) is 9.78 Å². The van der Waals surface area contributed by atoms with Crippen molar-refractivity contribution in [3.05, 3.63) is 45.4 Å². The molecule has 0 fully saturated rings. The number of aromatic nitrogens is 1. The van der Waals surface area contributed by atoms with Crippen LogP contribution in [0.4, 0.5) is 0 Å². The fraction of sp³-hybridized carbons (Fsp3) is 0.0769. The monoisotopic (exact) mass is 323 g/mol. The van der Waals surface area contributed by atoms with Crippen LogP contribution in [0.25, 0.3) is 16.6 Å². The number of halogens is 1. The van der Waals surface area contributed by atoms with Crippen molar-refractivity contribution in [2.24, 2.45) is 0 Å². The Morgan fingerprint density at radius 3 is 2.67 bits per heavy atom. The summed E-state index contributed by atoms with van der Waals surface area (Å²) in [5.74, 6) is -0.951. The molecule has 0 aliphatic carbocycles. The van der Waals surface area contributed by atoms with E-state index in [0.29, 0.717) is 0 Å². The van der Waals surface area contributed by atoms with Gasteiger partial charge in [-0.1, -0.05) is 28.1 Å². The molecule has 0 spiro atoms. The predicted molar refractivity (Wildman–Crippen MR) is 76.7 cm³/mol. The van der Waals surface area contributed by atoms with Gasteiger partial charge in [0.2, 0.25) is 0 Å². The third kappa shape index (κ3) is 3.05. The molecule has 0 amide bonds. The molecule has 18 heavy (non-hydrogen) atoms. The van der Waals surface area contributed by atoms with Crippen LogP contribution in [0.5, 0.6) is 0 Å². The first-order valence-electron chi connectivity index (χ1n) is 5.20. The van der Waals surface area contributed by atoms with Crippen molar-refractivity contribution in [3.8, 4) is 10.6 Å². The zero-order valence-corrected chi connectivity index (χ0v) is 12.0. The smallest absolute Gasteiger partial charge is 0.328 e. The Morgan fingerprint density at radius 2 is 2.06 bits per heavy atom. The first-order chi connectivity index (χ1) is 8.56. The molecule has 92 valence electrons. The molecule has 1 N–H and O–H groups in total. The Hall–Kier alpha value is -1.46. The number of nitrogens with zero attached hydrogens (tertiary/aromatic N) is 1. The number of benzene rings is 1. The zero-order chi connectivity index (χ0) is 13.1. The van der Waals surface area contributed by atoms with Gasteiger partial charge in [0.15, 0.2) is 0 Å². The maximum absolute atomic E-state index is 10.5. The Labute approximate surface area is 117 Å². The van der Waals surface area contributed by atoms with E-state index in [4.69, 9.17) is 5.11 Å². The lowest BCUT2D eigenvalue weighted by molar-refractivity contribution is -0.131. The summed E-state index contributed by atoms with van der Waals surface area (Å²) in [5.41, 5.74) is 1.87. The number of aryl methyl sites for hydroxylation is 1. The molecule has 0 saturated heterocycles. The lowest BCUT2D eigenvalue weighted by Crippen LogP contribution is -1.85. The van der Waals surface area contributed by atoms with E-state index < -0.39 is 5.97 Å². The number of thiazole rings is 1. The molecule has 0 unspecified atom stereocenters. The SMILES string of the molecule is Cc1nc(-c2ccc(Br)cc2)sc1/C=C/C(=O)O. The molecule has 0 bridgehead atoms. The Kier molecular flexibility index (Phi) is 3.93. The van der Waals surface area contributed by atoms with Crippen molar-refractivity contribution >= 4 is 39.3 Å². The number of rotatable bonds is 3. The van der Waals surface area contributed by atoms with Crippen molar-refractivity contribution in [2.75, 3.05) is 0 Å².